The normalized spacial score (nSPS) is 12.6. The number of para-hydroxylation sites is 2. The summed E-state index contributed by atoms with van der Waals surface area (Å²) >= 11 is 1.35. The van der Waals surface area contributed by atoms with Crippen LogP contribution >= 0.6 is 11.8 Å². The number of ether oxygens (including phenoxy) is 1. The lowest BCUT2D eigenvalue weighted by Gasteiger charge is -2.29. The Kier molecular flexibility index (Phi) is 7.74. The quantitative estimate of drug-likeness (QED) is 0.337. The number of aromatic nitrogens is 3. The van der Waals surface area contributed by atoms with Crippen molar-refractivity contribution in [3.05, 3.63) is 95.3 Å². The molecule has 0 saturated carbocycles. The summed E-state index contributed by atoms with van der Waals surface area (Å²) in [6.45, 7) is 2.88. The van der Waals surface area contributed by atoms with Crippen LogP contribution in [0.2, 0.25) is 0 Å². The Labute approximate surface area is 226 Å². The van der Waals surface area contributed by atoms with Crippen molar-refractivity contribution < 1.29 is 14.3 Å². The number of hydrogen-bond acceptors (Lipinski definition) is 6. The molecule has 4 aromatic rings. The molecule has 3 aromatic carbocycles. The minimum absolute atomic E-state index is 0.0342. The predicted octanol–water partition coefficient (Wildman–Crippen LogP) is 4.59. The fourth-order valence-electron chi connectivity index (χ4n) is 4.62. The smallest absolute Gasteiger partial charge is 0.255 e. The number of thioether (sulfide) groups is 1. The van der Waals surface area contributed by atoms with Crippen molar-refractivity contribution in [3.8, 4) is 11.4 Å². The molecule has 1 aliphatic rings. The Bertz CT molecular complexity index is 1470. The van der Waals surface area contributed by atoms with Crippen LogP contribution in [-0.2, 0) is 17.8 Å². The number of rotatable bonds is 8. The predicted molar refractivity (Wildman–Crippen MR) is 148 cm³/mol. The number of nitrogens with one attached hydrogen (secondary N) is 1. The van der Waals surface area contributed by atoms with Crippen LogP contribution in [0.5, 0.6) is 5.75 Å². The molecule has 0 aliphatic carbocycles. The molecule has 1 N–H and O–H groups in total. The van der Waals surface area contributed by atoms with E-state index in [-0.39, 0.29) is 24.1 Å². The van der Waals surface area contributed by atoms with Gasteiger partial charge in [-0.15, -0.1) is 10.2 Å². The highest BCUT2D eigenvalue weighted by molar-refractivity contribution is 7.99. The van der Waals surface area contributed by atoms with Gasteiger partial charge in [0.15, 0.2) is 11.0 Å². The van der Waals surface area contributed by atoms with Gasteiger partial charge in [0.2, 0.25) is 5.91 Å². The van der Waals surface area contributed by atoms with Gasteiger partial charge in [0.1, 0.15) is 5.75 Å². The van der Waals surface area contributed by atoms with Crippen molar-refractivity contribution in [2.45, 2.75) is 31.5 Å². The zero-order chi connectivity index (χ0) is 26.5. The van der Waals surface area contributed by atoms with E-state index in [4.69, 9.17) is 4.74 Å². The van der Waals surface area contributed by atoms with Crippen molar-refractivity contribution in [1.29, 1.82) is 0 Å². The summed E-state index contributed by atoms with van der Waals surface area (Å²) in [6.07, 6.45) is 1.93. The van der Waals surface area contributed by atoms with Gasteiger partial charge in [-0.1, -0.05) is 54.2 Å². The molecule has 0 unspecified atom stereocenters. The summed E-state index contributed by atoms with van der Waals surface area (Å²) in [6, 6.07) is 23.1. The van der Waals surface area contributed by atoms with Crippen LogP contribution in [0, 0.1) is 6.92 Å². The number of aryl methyl sites for hydroxylation is 2. The summed E-state index contributed by atoms with van der Waals surface area (Å²) in [4.78, 5) is 28.0. The van der Waals surface area contributed by atoms with Crippen LogP contribution in [-0.4, -0.2) is 46.0 Å². The lowest BCUT2D eigenvalue weighted by Crippen LogP contribution is -2.36. The molecule has 0 fully saturated rings. The second-order valence-electron chi connectivity index (χ2n) is 9.02. The third-order valence-corrected chi connectivity index (χ3v) is 7.37. The minimum atomic E-state index is -0.269. The van der Waals surface area contributed by atoms with E-state index in [1.807, 2.05) is 64.9 Å². The molecule has 0 spiro atoms. The standard InChI is InChI=1S/C29H29N5O3S/c1-20-9-7-12-22(17-20)34-26(18-30-28(36)23-13-4-6-15-25(23)37-2)31-32-29(34)38-19-27(35)33-16-8-11-21-10-3-5-14-24(21)33/h3-7,9-10,12-15,17H,8,11,16,18-19H2,1-2H3,(H,30,36). The van der Waals surface area contributed by atoms with Crippen molar-refractivity contribution in [2.24, 2.45) is 0 Å². The molecule has 5 rings (SSSR count). The second kappa shape index (κ2) is 11.5. The summed E-state index contributed by atoms with van der Waals surface area (Å²) in [7, 11) is 1.54. The third kappa shape index (κ3) is 5.43. The molecule has 194 valence electrons. The average Bonchev–Trinajstić information content (AvgIpc) is 3.37. The van der Waals surface area contributed by atoms with Crippen molar-refractivity contribution in [2.75, 3.05) is 24.3 Å². The Morgan fingerprint density at radius 3 is 2.68 bits per heavy atom. The Morgan fingerprint density at radius 2 is 1.84 bits per heavy atom. The van der Waals surface area contributed by atoms with E-state index < -0.39 is 0 Å². The van der Waals surface area contributed by atoms with Crippen LogP contribution in [0.3, 0.4) is 0 Å². The number of nitrogens with zero attached hydrogens (tertiary/aromatic N) is 4. The highest BCUT2D eigenvalue weighted by Crippen LogP contribution is 2.29. The fourth-order valence-corrected chi connectivity index (χ4v) is 5.47. The number of fused-ring (bicyclic) bond motifs is 1. The highest BCUT2D eigenvalue weighted by atomic mass is 32.2. The molecule has 1 aromatic heterocycles. The van der Waals surface area contributed by atoms with Crippen LogP contribution in [0.4, 0.5) is 5.69 Å². The first kappa shape index (κ1) is 25.5. The summed E-state index contributed by atoms with van der Waals surface area (Å²) in [5.74, 6) is 1.06. The number of benzene rings is 3. The van der Waals surface area contributed by atoms with E-state index in [9.17, 15) is 9.59 Å². The molecule has 8 nitrogen and oxygen atoms in total. The van der Waals surface area contributed by atoms with Crippen molar-refractivity contribution in [1.82, 2.24) is 20.1 Å². The number of carbonyl (C=O) groups excluding carboxylic acids is 2. The maximum atomic E-state index is 13.3. The molecule has 2 heterocycles. The van der Waals surface area contributed by atoms with Crippen molar-refractivity contribution >= 4 is 29.3 Å². The molecule has 38 heavy (non-hydrogen) atoms. The van der Waals surface area contributed by atoms with E-state index in [2.05, 4.69) is 21.6 Å². The van der Waals surface area contributed by atoms with Crippen molar-refractivity contribution in [3.63, 3.8) is 0 Å². The highest BCUT2D eigenvalue weighted by Gasteiger charge is 2.24. The summed E-state index contributed by atoms with van der Waals surface area (Å²) in [5.41, 5.74) is 4.59. The molecule has 0 radical (unpaired) electrons. The maximum absolute atomic E-state index is 13.3. The van der Waals surface area contributed by atoms with Crippen LogP contribution in [0.1, 0.15) is 33.7 Å². The van der Waals surface area contributed by atoms with Gasteiger partial charge in [-0.05, 0) is 61.2 Å². The van der Waals surface area contributed by atoms with E-state index in [1.165, 1.54) is 24.4 Å². The minimum Gasteiger partial charge on any atom is -0.496 e. The van der Waals surface area contributed by atoms with Gasteiger partial charge < -0.3 is 15.0 Å². The Morgan fingerprint density at radius 1 is 1.03 bits per heavy atom. The molecule has 1 aliphatic heterocycles. The zero-order valence-electron chi connectivity index (χ0n) is 21.4. The molecule has 2 amide bonds. The van der Waals surface area contributed by atoms with Gasteiger partial charge in [0, 0.05) is 17.9 Å². The van der Waals surface area contributed by atoms with Crippen LogP contribution < -0.4 is 15.0 Å². The van der Waals surface area contributed by atoms with E-state index in [0.29, 0.717) is 28.8 Å². The zero-order valence-corrected chi connectivity index (χ0v) is 22.2. The fraction of sp³-hybridized carbons (Fsp3) is 0.241. The molecular formula is C29H29N5O3S. The van der Waals surface area contributed by atoms with Gasteiger partial charge in [-0.3, -0.25) is 14.2 Å². The summed E-state index contributed by atoms with van der Waals surface area (Å²) < 4.78 is 7.22. The van der Waals surface area contributed by atoms with E-state index >= 15 is 0 Å². The first-order valence-electron chi connectivity index (χ1n) is 12.5. The van der Waals surface area contributed by atoms with Gasteiger partial charge in [0.05, 0.1) is 25.0 Å². The molecule has 0 atom stereocenters. The molecule has 0 bridgehead atoms. The average molecular weight is 528 g/mol. The van der Waals surface area contributed by atoms with Crippen LogP contribution in [0.25, 0.3) is 5.69 Å². The molecule has 9 heteroatoms. The number of anilines is 1. The first-order chi connectivity index (χ1) is 18.5. The van der Waals surface area contributed by atoms with Gasteiger partial charge in [0.25, 0.3) is 5.91 Å². The van der Waals surface area contributed by atoms with E-state index in [1.54, 1.807) is 18.2 Å². The largest absolute Gasteiger partial charge is 0.496 e. The van der Waals surface area contributed by atoms with Crippen LogP contribution in [0.15, 0.2) is 78.0 Å². The second-order valence-corrected chi connectivity index (χ2v) is 9.96. The third-order valence-electron chi connectivity index (χ3n) is 6.45. The maximum Gasteiger partial charge on any atom is 0.255 e. The first-order valence-corrected chi connectivity index (χ1v) is 13.5. The number of amides is 2. The van der Waals surface area contributed by atoms with Gasteiger partial charge in [-0.2, -0.15) is 0 Å². The van der Waals surface area contributed by atoms with Gasteiger partial charge >= 0.3 is 0 Å². The Hall–Kier alpha value is -4.11. The summed E-state index contributed by atoms with van der Waals surface area (Å²) in [5, 5.41) is 12.3. The monoisotopic (exact) mass is 527 g/mol. The lowest BCUT2D eigenvalue weighted by molar-refractivity contribution is -0.116. The molecule has 0 saturated heterocycles. The molecular weight excluding hydrogens is 498 g/mol. The topological polar surface area (TPSA) is 89.3 Å². The van der Waals surface area contributed by atoms with E-state index in [0.717, 1.165) is 29.8 Å². The lowest BCUT2D eigenvalue weighted by atomic mass is 10.0. The number of carbonyl (C=O) groups is 2. The SMILES string of the molecule is COc1ccccc1C(=O)NCc1nnc(SCC(=O)N2CCCc3ccccc32)n1-c1cccc(C)c1. The number of methoxy groups -OCH3 is 1. The van der Waals surface area contributed by atoms with Gasteiger partial charge in [-0.25, -0.2) is 0 Å². The Balaban J connectivity index is 1.36. The number of hydrogen-bond donors (Lipinski definition) is 1.